The molecule has 1 aliphatic carbocycles. The van der Waals surface area contributed by atoms with Gasteiger partial charge in [-0.3, -0.25) is 0 Å². The van der Waals surface area contributed by atoms with Crippen molar-refractivity contribution in [3.05, 3.63) is 144 Å². The fourth-order valence-corrected chi connectivity index (χ4v) is 8.36. The van der Waals surface area contributed by atoms with Crippen molar-refractivity contribution in [3.63, 3.8) is 0 Å². The summed E-state index contributed by atoms with van der Waals surface area (Å²) in [6, 6.07) is 46.7. The van der Waals surface area contributed by atoms with Crippen LogP contribution in [0.1, 0.15) is 29.0 Å². The van der Waals surface area contributed by atoms with E-state index in [2.05, 4.69) is 121 Å². The van der Waals surface area contributed by atoms with Gasteiger partial charge in [0.25, 0.3) is 0 Å². The molecule has 9 rings (SSSR count). The normalized spacial score (nSPS) is 14.9. The smallest absolute Gasteiger partial charge is 0.143 e. The van der Waals surface area contributed by atoms with E-state index < -0.39 is 0 Å². The standard InChI is InChI=1S/C39H26OS/c1-2-11-25-24(10-1)22-23-28(27-13-4-3-12-26(25)27)30-15-8-20-35-37(30)38-31(16-9-21-36(38)41-35)33-18-7-17-32-29-14-5-6-19-34(29)40-39(32)33/h1-21,28H,22-23H2/t28-/m1/s1. The number of thiophene rings is 1. The zero-order chi connectivity index (χ0) is 26.9. The van der Waals surface area contributed by atoms with E-state index in [4.69, 9.17) is 4.42 Å². The molecule has 0 saturated carbocycles. The lowest BCUT2D eigenvalue weighted by atomic mass is 9.83. The third kappa shape index (κ3) is 3.41. The van der Waals surface area contributed by atoms with Crippen LogP contribution < -0.4 is 0 Å². The van der Waals surface area contributed by atoms with Crippen molar-refractivity contribution in [1.29, 1.82) is 0 Å². The lowest BCUT2D eigenvalue weighted by molar-refractivity contribution is 0.670. The molecule has 2 aromatic heterocycles. The van der Waals surface area contributed by atoms with Gasteiger partial charge in [0.1, 0.15) is 11.2 Å². The zero-order valence-electron chi connectivity index (χ0n) is 22.4. The van der Waals surface area contributed by atoms with E-state index in [1.807, 2.05) is 17.4 Å². The maximum atomic E-state index is 6.52. The van der Waals surface area contributed by atoms with Gasteiger partial charge in [0.15, 0.2) is 0 Å². The summed E-state index contributed by atoms with van der Waals surface area (Å²) in [5, 5.41) is 5.07. The Morgan fingerprint density at radius 3 is 2.12 bits per heavy atom. The SMILES string of the molecule is c1ccc2c(c1)CC[C@@H](c1cccc3sc4cccc(-c5cccc6c5oc5ccccc56)c4c13)c1ccccc1-2. The first-order valence-corrected chi connectivity index (χ1v) is 15.2. The first-order valence-electron chi connectivity index (χ1n) is 14.4. The summed E-state index contributed by atoms with van der Waals surface area (Å²) in [6.45, 7) is 0. The molecule has 0 spiro atoms. The summed E-state index contributed by atoms with van der Waals surface area (Å²) in [5.41, 5.74) is 11.4. The summed E-state index contributed by atoms with van der Waals surface area (Å²) in [4.78, 5) is 0. The van der Waals surface area contributed by atoms with Crippen LogP contribution in [0.2, 0.25) is 0 Å². The quantitative estimate of drug-likeness (QED) is 0.212. The molecule has 0 aliphatic heterocycles. The van der Waals surface area contributed by atoms with E-state index in [-0.39, 0.29) is 0 Å². The Balaban J connectivity index is 1.33. The second-order valence-corrected chi connectivity index (χ2v) is 12.2. The highest BCUT2D eigenvalue weighted by atomic mass is 32.1. The molecule has 1 aliphatic rings. The number of benzene rings is 6. The van der Waals surface area contributed by atoms with E-state index in [9.17, 15) is 0 Å². The summed E-state index contributed by atoms with van der Waals surface area (Å²) in [5.74, 6) is 0.315. The molecule has 0 amide bonds. The van der Waals surface area contributed by atoms with E-state index in [0.717, 1.165) is 29.6 Å². The van der Waals surface area contributed by atoms with Crippen LogP contribution in [0.4, 0.5) is 0 Å². The summed E-state index contributed by atoms with van der Waals surface area (Å²) < 4.78 is 9.19. The first-order chi connectivity index (χ1) is 20.3. The number of fused-ring (bicyclic) bond motifs is 9. The lowest BCUT2D eigenvalue weighted by Gasteiger charge is -2.20. The highest BCUT2D eigenvalue weighted by Gasteiger charge is 2.26. The molecule has 2 heteroatoms. The maximum absolute atomic E-state index is 6.52. The third-order valence-corrected chi connectivity index (χ3v) is 10.1. The Labute approximate surface area is 242 Å². The topological polar surface area (TPSA) is 13.1 Å². The number of para-hydroxylation sites is 2. The molecule has 1 nitrogen and oxygen atoms in total. The van der Waals surface area contributed by atoms with Crippen LogP contribution in [-0.4, -0.2) is 0 Å². The van der Waals surface area contributed by atoms with Crippen molar-refractivity contribution in [2.24, 2.45) is 0 Å². The molecule has 0 N–H and O–H groups in total. The van der Waals surface area contributed by atoms with Gasteiger partial charge >= 0.3 is 0 Å². The molecule has 41 heavy (non-hydrogen) atoms. The predicted molar refractivity (Wildman–Crippen MR) is 174 cm³/mol. The molecular formula is C39H26OS. The molecule has 6 aromatic carbocycles. The molecule has 0 unspecified atom stereocenters. The van der Waals surface area contributed by atoms with Crippen LogP contribution in [0.5, 0.6) is 0 Å². The van der Waals surface area contributed by atoms with Gasteiger partial charge in [0.2, 0.25) is 0 Å². The molecule has 0 saturated heterocycles. The van der Waals surface area contributed by atoms with Gasteiger partial charge in [-0.05, 0) is 64.4 Å². The second kappa shape index (κ2) is 8.92. The van der Waals surface area contributed by atoms with Crippen molar-refractivity contribution in [2.45, 2.75) is 18.8 Å². The van der Waals surface area contributed by atoms with Crippen LogP contribution in [-0.2, 0) is 6.42 Å². The van der Waals surface area contributed by atoms with Crippen LogP contribution >= 0.6 is 11.3 Å². The highest BCUT2D eigenvalue weighted by molar-refractivity contribution is 7.26. The van der Waals surface area contributed by atoms with E-state index in [0.29, 0.717) is 5.92 Å². The first kappa shape index (κ1) is 23.1. The number of hydrogen-bond donors (Lipinski definition) is 0. The minimum Gasteiger partial charge on any atom is -0.455 e. The molecule has 1 atom stereocenters. The van der Waals surface area contributed by atoms with Crippen molar-refractivity contribution in [3.8, 4) is 22.3 Å². The predicted octanol–water partition coefficient (Wildman–Crippen LogP) is 11.4. The van der Waals surface area contributed by atoms with Gasteiger partial charge in [0.05, 0.1) is 0 Å². The van der Waals surface area contributed by atoms with Crippen molar-refractivity contribution in [1.82, 2.24) is 0 Å². The Hall–Kier alpha value is -4.66. The van der Waals surface area contributed by atoms with Crippen LogP contribution in [0.15, 0.2) is 132 Å². The Morgan fingerprint density at radius 1 is 0.512 bits per heavy atom. The van der Waals surface area contributed by atoms with E-state index >= 15 is 0 Å². The highest BCUT2D eigenvalue weighted by Crippen LogP contribution is 2.49. The number of aryl methyl sites for hydroxylation is 1. The Kier molecular flexibility index (Phi) is 5.02. The van der Waals surface area contributed by atoms with Crippen LogP contribution in [0.3, 0.4) is 0 Å². The largest absolute Gasteiger partial charge is 0.455 e. The maximum Gasteiger partial charge on any atom is 0.143 e. The third-order valence-electron chi connectivity index (χ3n) is 8.97. The summed E-state index contributed by atoms with van der Waals surface area (Å²) in [6.07, 6.45) is 2.16. The molecule has 8 aromatic rings. The Bertz CT molecular complexity index is 2280. The van der Waals surface area contributed by atoms with Crippen molar-refractivity contribution >= 4 is 53.4 Å². The molecule has 2 heterocycles. The van der Waals surface area contributed by atoms with Crippen molar-refractivity contribution < 1.29 is 4.42 Å². The fourth-order valence-electron chi connectivity index (χ4n) is 7.19. The van der Waals surface area contributed by atoms with Crippen molar-refractivity contribution in [2.75, 3.05) is 0 Å². The number of furan rings is 1. The average Bonchev–Trinajstić information content (AvgIpc) is 3.55. The summed E-state index contributed by atoms with van der Waals surface area (Å²) in [7, 11) is 0. The lowest BCUT2D eigenvalue weighted by Crippen LogP contribution is -2.03. The number of rotatable bonds is 2. The number of hydrogen-bond acceptors (Lipinski definition) is 2. The van der Waals surface area contributed by atoms with Crippen LogP contribution in [0, 0.1) is 0 Å². The molecule has 194 valence electrons. The van der Waals surface area contributed by atoms with Gasteiger partial charge < -0.3 is 4.42 Å². The van der Waals surface area contributed by atoms with Gasteiger partial charge in [-0.25, -0.2) is 0 Å². The Morgan fingerprint density at radius 2 is 1.17 bits per heavy atom. The molecular weight excluding hydrogens is 516 g/mol. The van der Waals surface area contributed by atoms with Gasteiger partial charge in [-0.2, -0.15) is 0 Å². The van der Waals surface area contributed by atoms with Crippen LogP contribution in [0.25, 0.3) is 64.4 Å². The minimum absolute atomic E-state index is 0.315. The van der Waals surface area contributed by atoms with Gasteiger partial charge in [-0.1, -0.05) is 109 Å². The molecule has 0 fully saturated rings. The zero-order valence-corrected chi connectivity index (χ0v) is 23.2. The van der Waals surface area contributed by atoms with E-state index in [1.54, 1.807) is 0 Å². The molecule has 0 bridgehead atoms. The van der Waals surface area contributed by atoms with Gasteiger partial charge in [-0.15, -0.1) is 11.3 Å². The van der Waals surface area contributed by atoms with E-state index in [1.165, 1.54) is 64.3 Å². The molecule has 0 radical (unpaired) electrons. The average molecular weight is 543 g/mol. The second-order valence-electron chi connectivity index (χ2n) is 11.1. The monoisotopic (exact) mass is 542 g/mol. The fraction of sp³-hybridized carbons (Fsp3) is 0.0769. The van der Waals surface area contributed by atoms with Gasteiger partial charge in [0, 0.05) is 42.4 Å². The summed E-state index contributed by atoms with van der Waals surface area (Å²) >= 11 is 1.90. The minimum atomic E-state index is 0.315.